The smallest absolute Gasteiger partial charge is 0.276 e. The van der Waals surface area contributed by atoms with Crippen molar-refractivity contribution in [2.75, 3.05) is 6.61 Å². The van der Waals surface area contributed by atoms with Gasteiger partial charge in [-0.1, -0.05) is 42.8 Å². The van der Waals surface area contributed by atoms with Gasteiger partial charge >= 0.3 is 0 Å². The molecule has 152 valence electrons. The number of rotatable bonds is 6. The maximum Gasteiger partial charge on any atom is 0.276 e. The molecule has 0 bridgehead atoms. The fourth-order valence-corrected chi connectivity index (χ4v) is 3.04. The summed E-state index contributed by atoms with van der Waals surface area (Å²) < 4.78 is 6.23. The molecular weight excluding hydrogens is 478 g/mol. The fraction of sp³-hybridized carbons (Fsp3) is 0.150. The van der Waals surface area contributed by atoms with Gasteiger partial charge in [-0.25, -0.2) is 0 Å². The van der Waals surface area contributed by atoms with Crippen LogP contribution < -0.4 is 20.9 Å². The predicted molar refractivity (Wildman–Crippen MR) is 122 cm³/mol. The van der Waals surface area contributed by atoms with Gasteiger partial charge in [0, 0.05) is 11.1 Å². The topological polar surface area (TPSA) is 79.5 Å². The number of carbonyl (C=O) groups excluding carboxylic acids is 2. The first-order valence-electron chi connectivity index (χ1n) is 8.62. The van der Waals surface area contributed by atoms with Crippen molar-refractivity contribution < 1.29 is 14.3 Å². The molecule has 0 atom stereocenters. The Morgan fingerprint density at radius 3 is 2.66 bits per heavy atom. The van der Waals surface area contributed by atoms with Gasteiger partial charge in [0.05, 0.1) is 4.47 Å². The second-order valence-electron chi connectivity index (χ2n) is 5.75. The summed E-state index contributed by atoms with van der Waals surface area (Å²) in [6, 6.07) is 12.8. The predicted octanol–water partition coefficient (Wildman–Crippen LogP) is 3.78. The Morgan fingerprint density at radius 2 is 1.97 bits per heavy atom. The lowest BCUT2D eigenvalue weighted by molar-refractivity contribution is -0.123. The third kappa shape index (κ3) is 7.84. The second-order valence-corrected chi connectivity index (χ2v) is 7.42. The molecule has 0 radical (unpaired) electrons. The average Bonchev–Trinajstić information content (AvgIpc) is 2.70. The molecule has 9 heteroatoms. The largest absolute Gasteiger partial charge is 0.483 e. The van der Waals surface area contributed by atoms with Crippen LogP contribution >= 0.6 is 39.7 Å². The third-order valence-corrected chi connectivity index (χ3v) is 4.80. The van der Waals surface area contributed by atoms with E-state index in [1.54, 1.807) is 30.3 Å². The summed E-state index contributed by atoms with van der Waals surface area (Å²) >= 11 is 14.4. The van der Waals surface area contributed by atoms with Crippen LogP contribution in [0.5, 0.6) is 5.75 Å². The molecule has 0 aliphatic rings. The number of nitrogens with one attached hydrogen (secondary N) is 3. The number of ether oxygens (including phenoxy) is 1. The van der Waals surface area contributed by atoms with Crippen molar-refractivity contribution in [2.45, 2.75) is 13.3 Å². The highest BCUT2D eigenvalue weighted by Gasteiger charge is 2.07. The fourth-order valence-electron chi connectivity index (χ4n) is 2.15. The summed E-state index contributed by atoms with van der Waals surface area (Å²) in [7, 11) is 0. The van der Waals surface area contributed by atoms with Gasteiger partial charge in [0.1, 0.15) is 5.75 Å². The van der Waals surface area contributed by atoms with Crippen molar-refractivity contribution in [3.05, 3.63) is 69.2 Å². The lowest BCUT2D eigenvalue weighted by Crippen LogP contribution is -2.49. The highest BCUT2D eigenvalue weighted by molar-refractivity contribution is 9.10. The van der Waals surface area contributed by atoms with Crippen molar-refractivity contribution in [3.8, 4) is 5.75 Å². The van der Waals surface area contributed by atoms with E-state index in [-0.39, 0.29) is 11.7 Å². The summed E-state index contributed by atoms with van der Waals surface area (Å²) in [6.07, 6.45) is 3.76. The lowest BCUT2D eigenvalue weighted by Gasteiger charge is -2.11. The quantitative estimate of drug-likeness (QED) is 0.322. The van der Waals surface area contributed by atoms with Crippen LogP contribution in [0.4, 0.5) is 0 Å². The van der Waals surface area contributed by atoms with Gasteiger partial charge in [-0.3, -0.25) is 25.8 Å². The number of hydrazine groups is 1. The molecule has 0 aromatic heterocycles. The van der Waals surface area contributed by atoms with Gasteiger partial charge in [0.2, 0.25) is 5.91 Å². The molecule has 6 nitrogen and oxygen atoms in total. The molecule has 2 aromatic carbocycles. The third-order valence-electron chi connectivity index (χ3n) is 3.63. The van der Waals surface area contributed by atoms with E-state index in [1.807, 2.05) is 18.2 Å². The molecular formula is C20H19BrClN3O3S. The van der Waals surface area contributed by atoms with Gasteiger partial charge in [0.25, 0.3) is 5.91 Å². The van der Waals surface area contributed by atoms with E-state index in [9.17, 15) is 9.59 Å². The number of carbonyl (C=O) groups is 2. The van der Waals surface area contributed by atoms with Crippen LogP contribution in [0.2, 0.25) is 5.02 Å². The van der Waals surface area contributed by atoms with E-state index in [1.165, 1.54) is 6.08 Å². The zero-order valence-corrected chi connectivity index (χ0v) is 18.7. The molecule has 0 saturated carbocycles. The zero-order chi connectivity index (χ0) is 21.2. The zero-order valence-electron chi connectivity index (χ0n) is 15.5. The Bertz CT molecular complexity index is 937. The van der Waals surface area contributed by atoms with Crippen LogP contribution in [0.25, 0.3) is 6.08 Å². The van der Waals surface area contributed by atoms with Gasteiger partial charge in [0.15, 0.2) is 11.7 Å². The standard InChI is InChI=1S/C20H19BrClN3O3S/c1-2-13-7-9-17(15(21)11-13)28-12-19(27)24-25-20(29)23-18(26)10-8-14-5-3-4-6-16(14)22/h3-11H,2,12H2,1H3,(H,24,27)(H2,23,25,26,29). The summed E-state index contributed by atoms with van der Waals surface area (Å²) in [5.74, 6) is -0.370. The molecule has 3 N–H and O–H groups in total. The minimum atomic E-state index is -0.465. The van der Waals surface area contributed by atoms with Gasteiger partial charge < -0.3 is 4.74 Å². The van der Waals surface area contributed by atoms with E-state index < -0.39 is 11.8 Å². The molecule has 0 saturated heterocycles. The van der Waals surface area contributed by atoms with E-state index in [0.29, 0.717) is 16.3 Å². The van der Waals surface area contributed by atoms with Crippen LogP contribution in [0, 0.1) is 0 Å². The summed E-state index contributed by atoms with van der Waals surface area (Å²) in [6.45, 7) is 1.83. The second kappa shape index (κ2) is 11.5. The normalized spacial score (nSPS) is 10.4. The van der Waals surface area contributed by atoms with Crippen LogP contribution in [0.15, 0.2) is 53.0 Å². The molecule has 0 aliphatic heterocycles. The molecule has 2 aromatic rings. The summed E-state index contributed by atoms with van der Waals surface area (Å²) in [4.78, 5) is 23.7. The highest BCUT2D eigenvalue weighted by Crippen LogP contribution is 2.26. The monoisotopic (exact) mass is 495 g/mol. The van der Waals surface area contributed by atoms with Gasteiger partial charge in [-0.2, -0.15) is 0 Å². The SMILES string of the molecule is CCc1ccc(OCC(=O)NNC(=S)NC(=O)C=Cc2ccccc2Cl)c(Br)c1. The maximum atomic E-state index is 11.9. The van der Waals surface area contributed by atoms with Crippen LogP contribution in [0.3, 0.4) is 0 Å². The molecule has 0 unspecified atom stereocenters. The van der Waals surface area contributed by atoms with Crippen molar-refractivity contribution in [2.24, 2.45) is 0 Å². The average molecular weight is 497 g/mol. The van der Waals surface area contributed by atoms with Gasteiger partial charge in [-0.15, -0.1) is 0 Å². The first-order valence-corrected chi connectivity index (χ1v) is 10.2. The van der Waals surface area contributed by atoms with Crippen molar-refractivity contribution >= 4 is 62.8 Å². The van der Waals surface area contributed by atoms with E-state index in [4.69, 9.17) is 28.6 Å². The summed E-state index contributed by atoms with van der Waals surface area (Å²) in [5, 5.41) is 2.88. The maximum absolute atomic E-state index is 11.9. The Morgan fingerprint density at radius 1 is 1.21 bits per heavy atom. The molecule has 0 aliphatic carbocycles. The summed E-state index contributed by atoms with van der Waals surface area (Å²) in [5.41, 5.74) is 6.65. The number of halogens is 2. The first-order chi connectivity index (χ1) is 13.9. The highest BCUT2D eigenvalue weighted by atomic mass is 79.9. The van der Waals surface area contributed by atoms with Gasteiger partial charge in [-0.05, 0) is 70.0 Å². The van der Waals surface area contributed by atoms with Crippen LogP contribution in [0.1, 0.15) is 18.1 Å². The van der Waals surface area contributed by atoms with Crippen LogP contribution in [-0.2, 0) is 16.0 Å². The minimum absolute atomic E-state index is 0.0550. The molecule has 2 amide bonds. The van der Waals surface area contributed by atoms with Crippen molar-refractivity contribution in [1.29, 1.82) is 0 Å². The number of amides is 2. The van der Waals surface area contributed by atoms with E-state index in [0.717, 1.165) is 16.5 Å². The number of hydrogen-bond acceptors (Lipinski definition) is 4. The number of hydrogen-bond donors (Lipinski definition) is 3. The molecule has 2 rings (SSSR count). The van der Waals surface area contributed by atoms with Crippen molar-refractivity contribution in [3.63, 3.8) is 0 Å². The van der Waals surface area contributed by atoms with Crippen molar-refractivity contribution in [1.82, 2.24) is 16.2 Å². The number of benzene rings is 2. The molecule has 0 heterocycles. The lowest BCUT2D eigenvalue weighted by atomic mass is 10.2. The van der Waals surface area contributed by atoms with E-state index in [2.05, 4.69) is 39.0 Å². The number of aryl methyl sites for hydroxylation is 1. The minimum Gasteiger partial charge on any atom is -0.483 e. The number of thiocarbonyl (C=S) groups is 1. The molecule has 0 fully saturated rings. The molecule has 29 heavy (non-hydrogen) atoms. The Balaban J connectivity index is 1.73. The van der Waals surface area contributed by atoms with E-state index >= 15 is 0 Å². The van der Waals surface area contributed by atoms with Crippen LogP contribution in [-0.4, -0.2) is 23.5 Å². The molecule has 0 spiro atoms. The first kappa shape index (κ1) is 22.9. The Labute approximate surface area is 187 Å². The Kier molecular flexibility index (Phi) is 9.11. The Hall–Kier alpha value is -2.42.